The van der Waals surface area contributed by atoms with Gasteiger partial charge in [0.1, 0.15) is 6.04 Å². The molecule has 1 aromatic heterocycles. The number of carbonyl (C=O) groups is 2. The van der Waals surface area contributed by atoms with Crippen LogP contribution in [0.15, 0.2) is 49.2 Å². The van der Waals surface area contributed by atoms with Crippen LogP contribution >= 0.6 is 0 Å². The van der Waals surface area contributed by atoms with Crippen molar-refractivity contribution in [2.75, 3.05) is 13.1 Å². The van der Waals surface area contributed by atoms with E-state index >= 15 is 0 Å². The van der Waals surface area contributed by atoms with E-state index in [1.807, 2.05) is 46.1 Å². The fourth-order valence-corrected chi connectivity index (χ4v) is 4.69. The molecule has 2 aliphatic heterocycles. The Bertz CT molecular complexity index is 945. The van der Waals surface area contributed by atoms with Gasteiger partial charge in [0, 0.05) is 31.6 Å². The highest BCUT2D eigenvalue weighted by Gasteiger charge is 2.55. The molecule has 0 bridgehead atoms. The third kappa shape index (κ3) is 2.75. The van der Waals surface area contributed by atoms with Gasteiger partial charge < -0.3 is 9.80 Å². The summed E-state index contributed by atoms with van der Waals surface area (Å²) in [5.41, 5.74) is 3.47. The molecule has 1 aromatic carbocycles. The molecular weight excluding hydrogens is 352 g/mol. The number of carbonyl (C=O) groups excluding carboxylic acids is 2. The van der Waals surface area contributed by atoms with Gasteiger partial charge in [-0.2, -0.15) is 5.10 Å². The van der Waals surface area contributed by atoms with Crippen LogP contribution in [0.3, 0.4) is 0 Å². The zero-order valence-electron chi connectivity index (χ0n) is 15.9. The molecule has 5 rings (SSSR count). The van der Waals surface area contributed by atoms with Gasteiger partial charge in [0.2, 0.25) is 11.8 Å². The van der Waals surface area contributed by atoms with Crippen LogP contribution in [-0.2, 0) is 22.6 Å². The van der Waals surface area contributed by atoms with Gasteiger partial charge in [0.25, 0.3) is 0 Å². The average Bonchev–Trinajstić information content (AvgIpc) is 3.19. The predicted octanol–water partition coefficient (Wildman–Crippen LogP) is 2.32. The summed E-state index contributed by atoms with van der Waals surface area (Å²) in [6.07, 6.45) is 6.99. The first-order valence-electron chi connectivity index (χ1n) is 9.93. The second-order valence-corrected chi connectivity index (χ2v) is 8.26. The lowest BCUT2D eigenvalue weighted by Crippen LogP contribution is -2.48. The maximum Gasteiger partial charge on any atom is 0.246 e. The molecule has 6 nitrogen and oxygen atoms in total. The number of para-hydroxylation sites is 1. The van der Waals surface area contributed by atoms with Crippen molar-refractivity contribution >= 4 is 11.8 Å². The summed E-state index contributed by atoms with van der Waals surface area (Å²) < 4.78 is 1.97. The van der Waals surface area contributed by atoms with Gasteiger partial charge >= 0.3 is 0 Å². The van der Waals surface area contributed by atoms with Gasteiger partial charge in [-0.15, -0.1) is 0 Å². The lowest BCUT2D eigenvalue weighted by Gasteiger charge is -2.32. The second kappa shape index (κ2) is 6.33. The summed E-state index contributed by atoms with van der Waals surface area (Å²) in [5.74, 6) is -0.0613. The van der Waals surface area contributed by atoms with Gasteiger partial charge in [0.05, 0.1) is 17.6 Å². The Kier molecular flexibility index (Phi) is 3.89. The van der Waals surface area contributed by atoms with E-state index in [2.05, 4.69) is 11.7 Å². The summed E-state index contributed by atoms with van der Waals surface area (Å²) in [5, 5.41) is 4.55. The third-order valence-corrected chi connectivity index (χ3v) is 6.46. The van der Waals surface area contributed by atoms with E-state index in [4.69, 9.17) is 0 Å². The van der Waals surface area contributed by atoms with Crippen LogP contribution in [0, 0.1) is 5.41 Å². The van der Waals surface area contributed by atoms with Crippen LogP contribution in [0.5, 0.6) is 0 Å². The molecule has 3 heterocycles. The van der Waals surface area contributed by atoms with E-state index in [1.165, 1.54) is 11.8 Å². The normalized spacial score (nSPS) is 22.2. The average molecular weight is 376 g/mol. The summed E-state index contributed by atoms with van der Waals surface area (Å²) in [4.78, 5) is 29.3. The molecule has 28 heavy (non-hydrogen) atoms. The second-order valence-electron chi connectivity index (χ2n) is 8.26. The maximum atomic E-state index is 13.3. The highest BCUT2D eigenvalue weighted by atomic mass is 16.2. The number of nitrogens with zero attached hydrogens (tertiary/aromatic N) is 4. The van der Waals surface area contributed by atoms with Crippen molar-refractivity contribution in [2.45, 2.75) is 38.3 Å². The fraction of sp³-hybridized carbons (Fsp3) is 0.409. The molecule has 1 atom stereocenters. The van der Waals surface area contributed by atoms with E-state index in [-0.39, 0.29) is 23.3 Å². The molecule has 0 N–H and O–H groups in total. The first-order valence-corrected chi connectivity index (χ1v) is 9.93. The van der Waals surface area contributed by atoms with Crippen molar-refractivity contribution in [3.05, 3.63) is 60.4 Å². The Balaban J connectivity index is 1.36. The lowest BCUT2D eigenvalue weighted by atomic mass is 10.0. The van der Waals surface area contributed by atoms with Gasteiger partial charge in [0.15, 0.2) is 0 Å². The summed E-state index contributed by atoms with van der Waals surface area (Å²) in [6, 6.07) is 9.72. The van der Waals surface area contributed by atoms with E-state index < -0.39 is 0 Å². The van der Waals surface area contributed by atoms with Crippen LogP contribution in [0.4, 0.5) is 0 Å². The van der Waals surface area contributed by atoms with Crippen molar-refractivity contribution in [2.24, 2.45) is 5.41 Å². The molecule has 1 saturated heterocycles. The number of likely N-dealkylation sites (tertiary alicyclic amines) is 1. The lowest BCUT2D eigenvalue weighted by molar-refractivity contribution is -0.142. The molecule has 0 unspecified atom stereocenters. The number of aromatic nitrogens is 2. The first-order chi connectivity index (χ1) is 13.6. The largest absolute Gasteiger partial charge is 0.336 e. The van der Waals surface area contributed by atoms with Crippen molar-refractivity contribution in [3.63, 3.8) is 0 Å². The molecule has 144 valence electrons. The number of benzene rings is 1. The van der Waals surface area contributed by atoms with E-state index in [0.29, 0.717) is 19.6 Å². The van der Waals surface area contributed by atoms with Crippen LogP contribution < -0.4 is 0 Å². The Labute approximate surface area is 164 Å². The first kappa shape index (κ1) is 17.2. The van der Waals surface area contributed by atoms with Crippen LogP contribution in [0.2, 0.25) is 0 Å². The van der Waals surface area contributed by atoms with Gasteiger partial charge in [-0.3, -0.25) is 9.59 Å². The minimum Gasteiger partial charge on any atom is -0.336 e. The van der Waals surface area contributed by atoms with Crippen LogP contribution in [0.25, 0.3) is 5.69 Å². The minimum atomic E-state index is -0.348. The fourth-order valence-electron chi connectivity index (χ4n) is 4.69. The van der Waals surface area contributed by atoms with Crippen molar-refractivity contribution in [1.29, 1.82) is 0 Å². The number of fused-ring (bicyclic) bond motifs is 1. The number of hydrogen-bond acceptors (Lipinski definition) is 3. The highest BCUT2D eigenvalue weighted by Crippen LogP contribution is 2.55. The SMILES string of the molecule is C=CC(=O)N1CC2(CC2)C[C@H]1C(=O)N1CCc2c(cnn2-c2ccccc2)C1. The minimum absolute atomic E-state index is 0.0667. The predicted molar refractivity (Wildman–Crippen MR) is 105 cm³/mol. The van der Waals surface area contributed by atoms with E-state index in [1.54, 1.807) is 4.90 Å². The summed E-state index contributed by atoms with van der Waals surface area (Å²) >= 11 is 0. The molecule has 2 amide bonds. The molecule has 0 radical (unpaired) electrons. The number of hydrogen-bond donors (Lipinski definition) is 0. The van der Waals surface area contributed by atoms with Crippen molar-refractivity contribution in [3.8, 4) is 5.69 Å². The van der Waals surface area contributed by atoms with Gasteiger partial charge in [-0.25, -0.2) is 4.68 Å². The van der Waals surface area contributed by atoms with Crippen molar-refractivity contribution < 1.29 is 9.59 Å². The topological polar surface area (TPSA) is 58.4 Å². The molecule has 2 aromatic rings. The number of rotatable bonds is 3. The maximum absolute atomic E-state index is 13.3. The highest BCUT2D eigenvalue weighted by molar-refractivity contribution is 5.93. The monoisotopic (exact) mass is 376 g/mol. The van der Waals surface area contributed by atoms with E-state index in [0.717, 1.165) is 36.9 Å². The molecule has 6 heteroatoms. The Morgan fingerprint density at radius 3 is 2.71 bits per heavy atom. The molecular formula is C22H24N4O2. The van der Waals surface area contributed by atoms with Crippen molar-refractivity contribution in [1.82, 2.24) is 19.6 Å². The Morgan fingerprint density at radius 2 is 2.00 bits per heavy atom. The smallest absolute Gasteiger partial charge is 0.246 e. The van der Waals surface area contributed by atoms with Crippen LogP contribution in [-0.4, -0.2) is 50.5 Å². The van der Waals surface area contributed by atoms with Crippen LogP contribution in [0.1, 0.15) is 30.5 Å². The third-order valence-electron chi connectivity index (χ3n) is 6.46. The summed E-state index contributed by atoms with van der Waals surface area (Å²) in [7, 11) is 0. The molecule has 3 aliphatic rings. The summed E-state index contributed by atoms with van der Waals surface area (Å²) in [6.45, 7) is 5.52. The van der Waals surface area contributed by atoms with E-state index in [9.17, 15) is 9.59 Å². The zero-order chi connectivity index (χ0) is 19.3. The van der Waals surface area contributed by atoms with Gasteiger partial charge in [-0.1, -0.05) is 24.8 Å². The molecule has 1 aliphatic carbocycles. The van der Waals surface area contributed by atoms with Gasteiger partial charge in [-0.05, 0) is 42.9 Å². The Morgan fingerprint density at radius 1 is 1.21 bits per heavy atom. The zero-order valence-corrected chi connectivity index (χ0v) is 15.9. The molecule has 2 fully saturated rings. The quantitative estimate of drug-likeness (QED) is 0.773. The Hall–Kier alpha value is -2.89. The standard InChI is InChI=1S/C22H24N4O2/c1-2-20(27)25-15-22(9-10-22)12-19(25)21(28)24-11-8-18-16(14-24)13-23-26(18)17-6-4-3-5-7-17/h2-7,13,19H,1,8-12,14-15H2/t19-/m0/s1. The number of amides is 2. The molecule has 1 saturated carbocycles. The molecule has 1 spiro atoms.